The summed E-state index contributed by atoms with van der Waals surface area (Å²) in [6, 6.07) is 6.35. The van der Waals surface area contributed by atoms with E-state index in [0.717, 1.165) is 10.5 Å². The zero-order chi connectivity index (χ0) is 11.7. The van der Waals surface area contributed by atoms with E-state index in [4.69, 9.17) is 0 Å². The number of aromatic nitrogens is 1. The molecule has 0 aliphatic carbocycles. The van der Waals surface area contributed by atoms with E-state index in [1.165, 1.54) is 16.0 Å². The first-order valence-electron chi connectivity index (χ1n) is 5.31. The maximum Gasteiger partial charge on any atom is 0.189 e. The van der Waals surface area contributed by atoms with Gasteiger partial charge in [-0.05, 0) is 32.4 Å². The van der Waals surface area contributed by atoms with Crippen molar-refractivity contribution >= 4 is 17.0 Å². The molecular formula is C13H16N2S. The molecule has 16 heavy (non-hydrogen) atoms. The van der Waals surface area contributed by atoms with Gasteiger partial charge in [-0.25, -0.2) is 4.99 Å². The first-order valence-corrected chi connectivity index (χ1v) is 6.13. The van der Waals surface area contributed by atoms with Crippen molar-refractivity contribution in [1.82, 2.24) is 4.57 Å². The molecule has 2 nitrogen and oxygen atoms in total. The molecule has 2 rings (SSSR count). The maximum atomic E-state index is 4.68. The summed E-state index contributed by atoms with van der Waals surface area (Å²) in [6.07, 6.45) is 2.10. The van der Waals surface area contributed by atoms with Crippen LogP contribution in [0.3, 0.4) is 0 Å². The van der Waals surface area contributed by atoms with Crippen LogP contribution in [0.1, 0.15) is 16.0 Å². The van der Waals surface area contributed by atoms with Crippen molar-refractivity contribution in [1.29, 1.82) is 0 Å². The van der Waals surface area contributed by atoms with Crippen molar-refractivity contribution in [3.8, 4) is 0 Å². The van der Waals surface area contributed by atoms with Crippen molar-refractivity contribution in [3.63, 3.8) is 0 Å². The Morgan fingerprint density at radius 3 is 2.50 bits per heavy atom. The third-order valence-electron chi connectivity index (χ3n) is 2.50. The highest BCUT2D eigenvalue weighted by Crippen LogP contribution is 2.18. The minimum absolute atomic E-state index is 1.05. The first kappa shape index (κ1) is 11.1. The Morgan fingerprint density at radius 1 is 1.19 bits per heavy atom. The van der Waals surface area contributed by atoms with Gasteiger partial charge in [0, 0.05) is 18.1 Å². The van der Waals surface area contributed by atoms with E-state index in [9.17, 15) is 0 Å². The van der Waals surface area contributed by atoms with Crippen LogP contribution in [0.5, 0.6) is 0 Å². The summed E-state index contributed by atoms with van der Waals surface area (Å²) >= 11 is 1.72. The van der Waals surface area contributed by atoms with Crippen LogP contribution >= 0.6 is 11.3 Å². The fraction of sp³-hybridized carbons (Fsp3) is 0.308. The van der Waals surface area contributed by atoms with Crippen LogP contribution in [0.15, 0.2) is 29.4 Å². The van der Waals surface area contributed by atoms with E-state index in [0.29, 0.717) is 0 Å². The number of thiazole rings is 1. The lowest BCUT2D eigenvalue weighted by Gasteiger charge is -2.00. The molecule has 0 atom stereocenters. The van der Waals surface area contributed by atoms with Crippen LogP contribution in [0.4, 0.5) is 5.69 Å². The van der Waals surface area contributed by atoms with Gasteiger partial charge in [-0.2, -0.15) is 0 Å². The van der Waals surface area contributed by atoms with Gasteiger partial charge in [-0.15, -0.1) is 11.3 Å². The molecular weight excluding hydrogens is 216 g/mol. The van der Waals surface area contributed by atoms with Gasteiger partial charge in [0.2, 0.25) is 0 Å². The lowest BCUT2D eigenvalue weighted by molar-refractivity contribution is 0.870. The van der Waals surface area contributed by atoms with Crippen LogP contribution in [0, 0.1) is 20.8 Å². The third kappa shape index (κ3) is 2.25. The average Bonchev–Trinajstić information content (AvgIpc) is 2.50. The Balaban J connectivity index is 2.54. The SMILES string of the molecule is Cc1ccc(N=c2sc(C)cn2C)c(C)c1. The van der Waals surface area contributed by atoms with Gasteiger partial charge in [0.1, 0.15) is 0 Å². The van der Waals surface area contributed by atoms with E-state index >= 15 is 0 Å². The minimum atomic E-state index is 1.05. The van der Waals surface area contributed by atoms with Crippen LogP contribution in [-0.2, 0) is 7.05 Å². The Morgan fingerprint density at radius 2 is 1.94 bits per heavy atom. The predicted molar refractivity (Wildman–Crippen MR) is 69.2 cm³/mol. The molecule has 0 bridgehead atoms. The Bertz CT molecular complexity index is 576. The van der Waals surface area contributed by atoms with E-state index in [-0.39, 0.29) is 0 Å². The monoisotopic (exact) mass is 232 g/mol. The van der Waals surface area contributed by atoms with Crippen LogP contribution < -0.4 is 4.80 Å². The largest absolute Gasteiger partial charge is 0.326 e. The average molecular weight is 232 g/mol. The van der Waals surface area contributed by atoms with Crippen molar-refractivity contribution in [2.24, 2.45) is 12.0 Å². The molecule has 1 aromatic carbocycles. The van der Waals surface area contributed by atoms with Gasteiger partial charge in [0.25, 0.3) is 0 Å². The number of benzene rings is 1. The second kappa shape index (κ2) is 4.26. The zero-order valence-corrected chi connectivity index (χ0v) is 10.9. The summed E-state index contributed by atoms with van der Waals surface area (Å²) in [5, 5.41) is 0. The highest BCUT2D eigenvalue weighted by Gasteiger charge is 1.98. The summed E-state index contributed by atoms with van der Waals surface area (Å²) < 4.78 is 2.07. The molecule has 0 amide bonds. The fourth-order valence-electron chi connectivity index (χ4n) is 1.71. The van der Waals surface area contributed by atoms with Gasteiger partial charge in [-0.3, -0.25) is 0 Å². The summed E-state index contributed by atoms with van der Waals surface area (Å²) in [6.45, 7) is 6.31. The lowest BCUT2D eigenvalue weighted by Crippen LogP contribution is -2.08. The van der Waals surface area contributed by atoms with Gasteiger partial charge in [-0.1, -0.05) is 17.7 Å². The molecule has 0 saturated carbocycles. The van der Waals surface area contributed by atoms with Crippen LogP contribution in [0.25, 0.3) is 0 Å². The predicted octanol–water partition coefficient (Wildman–Crippen LogP) is 3.24. The number of rotatable bonds is 1. The molecule has 2 aromatic rings. The molecule has 0 aliphatic rings. The Labute approximate surface area is 99.9 Å². The van der Waals surface area contributed by atoms with Crippen molar-refractivity contribution < 1.29 is 0 Å². The molecule has 0 N–H and O–H groups in total. The van der Waals surface area contributed by atoms with E-state index < -0.39 is 0 Å². The lowest BCUT2D eigenvalue weighted by atomic mass is 10.1. The summed E-state index contributed by atoms with van der Waals surface area (Å²) in [4.78, 5) is 7.01. The van der Waals surface area contributed by atoms with Gasteiger partial charge >= 0.3 is 0 Å². The fourth-order valence-corrected chi connectivity index (χ4v) is 2.55. The molecule has 0 spiro atoms. The van der Waals surface area contributed by atoms with Crippen LogP contribution in [0.2, 0.25) is 0 Å². The van der Waals surface area contributed by atoms with Crippen LogP contribution in [-0.4, -0.2) is 4.57 Å². The normalized spacial score (nSPS) is 12.1. The molecule has 0 unspecified atom stereocenters. The molecule has 1 heterocycles. The number of nitrogens with zero attached hydrogens (tertiary/aromatic N) is 2. The third-order valence-corrected chi connectivity index (χ3v) is 3.49. The molecule has 84 valence electrons. The molecule has 0 saturated heterocycles. The number of hydrogen-bond donors (Lipinski definition) is 0. The summed E-state index contributed by atoms with van der Waals surface area (Å²) in [5.41, 5.74) is 3.57. The van der Waals surface area contributed by atoms with Crippen molar-refractivity contribution in [2.45, 2.75) is 20.8 Å². The van der Waals surface area contributed by atoms with E-state index in [1.54, 1.807) is 11.3 Å². The Kier molecular flexibility index (Phi) is 2.97. The maximum absolute atomic E-state index is 4.68. The second-order valence-corrected chi connectivity index (χ2v) is 5.35. The van der Waals surface area contributed by atoms with Crippen molar-refractivity contribution in [3.05, 3.63) is 45.2 Å². The quantitative estimate of drug-likeness (QED) is 0.718. The summed E-state index contributed by atoms with van der Waals surface area (Å²) in [5.74, 6) is 0. The molecule has 1 aromatic heterocycles. The molecule has 0 radical (unpaired) electrons. The number of hydrogen-bond acceptors (Lipinski definition) is 2. The topological polar surface area (TPSA) is 17.3 Å². The second-order valence-electron chi connectivity index (χ2n) is 4.14. The molecule has 0 fully saturated rings. The minimum Gasteiger partial charge on any atom is -0.326 e. The highest BCUT2D eigenvalue weighted by molar-refractivity contribution is 7.09. The van der Waals surface area contributed by atoms with E-state index in [1.807, 2.05) is 7.05 Å². The Hall–Kier alpha value is -1.35. The van der Waals surface area contributed by atoms with Gasteiger partial charge < -0.3 is 4.57 Å². The highest BCUT2D eigenvalue weighted by atomic mass is 32.1. The molecule has 3 heteroatoms. The molecule has 0 aliphatic heterocycles. The van der Waals surface area contributed by atoms with E-state index in [2.05, 4.69) is 54.7 Å². The van der Waals surface area contributed by atoms with Crippen molar-refractivity contribution in [2.75, 3.05) is 0 Å². The van der Waals surface area contributed by atoms with Gasteiger partial charge in [0.05, 0.1) is 5.69 Å². The smallest absolute Gasteiger partial charge is 0.189 e. The van der Waals surface area contributed by atoms with Gasteiger partial charge in [0.15, 0.2) is 4.80 Å². The zero-order valence-electron chi connectivity index (χ0n) is 10.1. The first-order chi connectivity index (χ1) is 7.56. The summed E-state index contributed by atoms with van der Waals surface area (Å²) in [7, 11) is 2.03. The standard InChI is InChI=1S/C13H16N2S/c1-9-5-6-12(10(2)7-9)14-13-15(4)8-11(3)16-13/h5-8H,1-4H3. The number of aryl methyl sites for hydroxylation is 4.